The van der Waals surface area contributed by atoms with Crippen LogP contribution in [0.25, 0.3) is 0 Å². The number of benzene rings is 2. The van der Waals surface area contributed by atoms with Gasteiger partial charge in [0.1, 0.15) is 5.75 Å². The number of nitrogens with one attached hydrogen (secondary N) is 1. The maximum atomic E-state index is 13.3. The average Bonchev–Trinajstić information content (AvgIpc) is 2.69. The lowest BCUT2D eigenvalue weighted by Crippen LogP contribution is -2.48. The van der Waals surface area contributed by atoms with Gasteiger partial charge in [-0.2, -0.15) is 0 Å². The summed E-state index contributed by atoms with van der Waals surface area (Å²) in [7, 11) is 1.65. The largest absolute Gasteiger partial charge is 0.496 e. The van der Waals surface area contributed by atoms with Crippen molar-refractivity contribution in [1.29, 1.82) is 0 Å². The van der Waals surface area contributed by atoms with Gasteiger partial charge < -0.3 is 14.8 Å². The summed E-state index contributed by atoms with van der Waals surface area (Å²) in [5.74, 6) is 0.844. The fraction of sp³-hybridized carbons (Fsp3) is 0.381. The number of carbonyl (C=O) groups is 1. The van der Waals surface area contributed by atoms with Crippen LogP contribution in [-0.4, -0.2) is 26.2 Å². The molecular formula is C21H25NO3. The second kappa shape index (κ2) is 7.70. The van der Waals surface area contributed by atoms with Gasteiger partial charge in [-0.3, -0.25) is 4.79 Å². The summed E-state index contributed by atoms with van der Waals surface area (Å²) < 4.78 is 11.0. The van der Waals surface area contributed by atoms with E-state index >= 15 is 0 Å². The third-order valence-corrected chi connectivity index (χ3v) is 5.06. The Labute approximate surface area is 149 Å². The molecule has 4 nitrogen and oxygen atoms in total. The molecule has 0 spiro atoms. The lowest BCUT2D eigenvalue weighted by Gasteiger charge is -2.37. The van der Waals surface area contributed by atoms with Gasteiger partial charge in [0.2, 0.25) is 5.91 Å². The van der Waals surface area contributed by atoms with E-state index in [1.165, 1.54) is 0 Å². The molecule has 1 atom stereocenters. The van der Waals surface area contributed by atoms with Crippen LogP contribution in [0, 0.1) is 0 Å². The summed E-state index contributed by atoms with van der Waals surface area (Å²) in [6.07, 6.45) is 1.39. The fourth-order valence-electron chi connectivity index (χ4n) is 3.56. The van der Waals surface area contributed by atoms with Crippen molar-refractivity contribution in [2.45, 2.75) is 31.2 Å². The molecule has 1 heterocycles. The Morgan fingerprint density at radius 2 is 1.72 bits per heavy atom. The first-order valence-corrected chi connectivity index (χ1v) is 8.74. The molecule has 132 valence electrons. The van der Waals surface area contributed by atoms with Crippen molar-refractivity contribution in [3.05, 3.63) is 65.7 Å². The molecule has 1 N–H and O–H groups in total. The Balaban J connectivity index is 1.86. The minimum Gasteiger partial charge on any atom is -0.496 e. The molecular weight excluding hydrogens is 314 g/mol. The predicted octanol–water partition coefficient (Wildman–Crippen LogP) is 3.62. The van der Waals surface area contributed by atoms with Crippen LogP contribution in [0.3, 0.4) is 0 Å². The lowest BCUT2D eigenvalue weighted by molar-refractivity contribution is -0.131. The lowest BCUT2D eigenvalue weighted by atomic mass is 9.73. The number of ether oxygens (including phenoxy) is 2. The predicted molar refractivity (Wildman–Crippen MR) is 97.7 cm³/mol. The van der Waals surface area contributed by atoms with Crippen molar-refractivity contribution >= 4 is 5.91 Å². The summed E-state index contributed by atoms with van der Waals surface area (Å²) in [5.41, 5.74) is 1.51. The van der Waals surface area contributed by atoms with Crippen molar-refractivity contribution in [3.8, 4) is 5.75 Å². The molecule has 1 unspecified atom stereocenters. The normalized spacial score (nSPS) is 17.5. The maximum absolute atomic E-state index is 13.3. The Hall–Kier alpha value is -2.33. The van der Waals surface area contributed by atoms with Crippen LogP contribution in [-0.2, 0) is 14.9 Å². The Morgan fingerprint density at radius 1 is 1.08 bits per heavy atom. The van der Waals surface area contributed by atoms with Crippen LogP contribution in [0.1, 0.15) is 36.9 Å². The molecule has 0 aromatic heterocycles. The molecule has 0 bridgehead atoms. The van der Waals surface area contributed by atoms with Crippen LogP contribution in [0.15, 0.2) is 54.6 Å². The van der Waals surface area contributed by atoms with Gasteiger partial charge in [-0.15, -0.1) is 0 Å². The second-order valence-electron chi connectivity index (χ2n) is 6.50. The molecule has 1 aliphatic rings. The zero-order chi connectivity index (χ0) is 17.7. The molecule has 3 rings (SSSR count). The van der Waals surface area contributed by atoms with Gasteiger partial charge in [0.05, 0.1) is 18.6 Å². The third kappa shape index (κ3) is 3.54. The van der Waals surface area contributed by atoms with Gasteiger partial charge in [0.25, 0.3) is 0 Å². The maximum Gasteiger partial charge on any atom is 0.231 e. The average molecular weight is 339 g/mol. The van der Waals surface area contributed by atoms with Gasteiger partial charge in [0.15, 0.2) is 0 Å². The second-order valence-corrected chi connectivity index (χ2v) is 6.50. The van der Waals surface area contributed by atoms with E-state index in [0.717, 1.165) is 16.9 Å². The zero-order valence-corrected chi connectivity index (χ0v) is 14.8. The molecule has 0 saturated carbocycles. The highest BCUT2D eigenvalue weighted by molar-refractivity contribution is 5.88. The summed E-state index contributed by atoms with van der Waals surface area (Å²) in [6.45, 7) is 3.20. The van der Waals surface area contributed by atoms with E-state index in [1.807, 2.05) is 61.5 Å². The summed E-state index contributed by atoms with van der Waals surface area (Å²) in [4.78, 5) is 13.3. The highest BCUT2D eigenvalue weighted by Crippen LogP contribution is 2.36. The molecule has 2 aromatic carbocycles. The van der Waals surface area contributed by atoms with Crippen LogP contribution in [0.5, 0.6) is 5.75 Å². The number of amides is 1. The Bertz CT molecular complexity index is 708. The Morgan fingerprint density at radius 3 is 2.40 bits per heavy atom. The van der Waals surface area contributed by atoms with E-state index in [4.69, 9.17) is 9.47 Å². The van der Waals surface area contributed by atoms with Gasteiger partial charge in [0, 0.05) is 18.8 Å². The van der Waals surface area contributed by atoms with E-state index in [9.17, 15) is 4.79 Å². The summed E-state index contributed by atoms with van der Waals surface area (Å²) >= 11 is 0. The van der Waals surface area contributed by atoms with Gasteiger partial charge in [-0.25, -0.2) is 0 Å². The standard InChI is InChI=1S/C21H25NO3/c1-16(18-10-6-7-11-19(18)24-2)22-20(23)21(12-14-25-15-13-21)17-8-4-3-5-9-17/h3-11,16H,12-15H2,1-2H3,(H,22,23). The van der Waals surface area contributed by atoms with E-state index in [0.29, 0.717) is 26.1 Å². The minimum atomic E-state index is -0.532. The van der Waals surface area contributed by atoms with Gasteiger partial charge >= 0.3 is 0 Å². The molecule has 25 heavy (non-hydrogen) atoms. The monoisotopic (exact) mass is 339 g/mol. The molecule has 0 radical (unpaired) electrons. The molecule has 1 aliphatic heterocycles. The number of para-hydroxylation sites is 1. The number of rotatable bonds is 5. The highest BCUT2D eigenvalue weighted by Gasteiger charge is 2.42. The molecule has 2 aromatic rings. The van der Waals surface area contributed by atoms with Gasteiger partial charge in [-0.1, -0.05) is 48.5 Å². The third-order valence-electron chi connectivity index (χ3n) is 5.06. The number of methoxy groups -OCH3 is 1. The van der Waals surface area contributed by atoms with Crippen molar-refractivity contribution in [2.24, 2.45) is 0 Å². The van der Waals surface area contributed by atoms with Crippen LogP contribution in [0.4, 0.5) is 0 Å². The molecule has 4 heteroatoms. The number of carbonyl (C=O) groups excluding carboxylic acids is 1. The quantitative estimate of drug-likeness (QED) is 0.905. The first kappa shape index (κ1) is 17.5. The molecule has 1 fully saturated rings. The van der Waals surface area contributed by atoms with E-state index in [1.54, 1.807) is 7.11 Å². The first-order chi connectivity index (χ1) is 12.2. The summed E-state index contributed by atoms with van der Waals surface area (Å²) in [6, 6.07) is 17.7. The highest BCUT2D eigenvalue weighted by atomic mass is 16.5. The minimum absolute atomic E-state index is 0.0559. The van der Waals surface area contributed by atoms with Crippen molar-refractivity contribution < 1.29 is 14.3 Å². The molecule has 0 aliphatic carbocycles. The van der Waals surface area contributed by atoms with Crippen molar-refractivity contribution in [2.75, 3.05) is 20.3 Å². The van der Waals surface area contributed by atoms with E-state index in [-0.39, 0.29) is 11.9 Å². The molecule has 1 saturated heterocycles. The van der Waals surface area contributed by atoms with Gasteiger partial charge in [-0.05, 0) is 31.4 Å². The number of hydrogen-bond acceptors (Lipinski definition) is 3. The van der Waals surface area contributed by atoms with E-state index in [2.05, 4.69) is 5.32 Å². The SMILES string of the molecule is COc1ccccc1C(C)NC(=O)C1(c2ccccc2)CCOCC1. The first-order valence-electron chi connectivity index (χ1n) is 8.74. The number of hydrogen-bond donors (Lipinski definition) is 1. The Kier molecular flexibility index (Phi) is 5.39. The van der Waals surface area contributed by atoms with E-state index < -0.39 is 5.41 Å². The molecule has 1 amide bonds. The fourth-order valence-corrected chi connectivity index (χ4v) is 3.56. The van der Waals surface area contributed by atoms with Crippen molar-refractivity contribution in [3.63, 3.8) is 0 Å². The van der Waals surface area contributed by atoms with Crippen molar-refractivity contribution in [1.82, 2.24) is 5.32 Å². The smallest absolute Gasteiger partial charge is 0.231 e. The topological polar surface area (TPSA) is 47.6 Å². The van der Waals surface area contributed by atoms with Crippen LogP contribution < -0.4 is 10.1 Å². The summed E-state index contributed by atoms with van der Waals surface area (Å²) in [5, 5.41) is 3.21. The van der Waals surface area contributed by atoms with Crippen LogP contribution >= 0.6 is 0 Å². The van der Waals surface area contributed by atoms with Crippen LogP contribution in [0.2, 0.25) is 0 Å². The zero-order valence-electron chi connectivity index (χ0n) is 14.8.